The summed E-state index contributed by atoms with van der Waals surface area (Å²) in [4.78, 5) is 13.7. The maximum Gasteiger partial charge on any atom is 0.239 e. The standard InChI is InChI=1S/C13H19N3O/c1-2-15-13(17)9-16-8-7-11(14)10-5-3-4-6-12(10)16/h3-6,11H,2,7-9,14H2,1H3,(H,15,17). The normalized spacial score (nSPS) is 18.7. The summed E-state index contributed by atoms with van der Waals surface area (Å²) in [5.41, 5.74) is 8.31. The minimum atomic E-state index is 0.0674. The van der Waals surface area contributed by atoms with Crippen LogP contribution in [0.25, 0.3) is 0 Å². The molecule has 4 heteroatoms. The predicted molar refractivity (Wildman–Crippen MR) is 68.9 cm³/mol. The van der Waals surface area contributed by atoms with E-state index in [0.29, 0.717) is 13.1 Å². The van der Waals surface area contributed by atoms with Gasteiger partial charge in [0.2, 0.25) is 5.91 Å². The maximum absolute atomic E-state index is 11.6. The maximum atomic E-state index is 11.6. The molecule has 0 radical (unpaired) electrons. The number of hydrogen-bond donors (Lipinski definition) is 2. The van der Waals surface area contributed by atoms with Crippen molar-refractivity contribution in [1.82, 2.24) is 5.32 Å². The highest BCUT2D eigenvalue weighted by molar-refractivity contribution is 5.81. The van der Waals surface area contributed by atoms with E-state index in [0.717, 1.165) is 24.2 Å². The number of anilines is 1. The van der Waals surface area contributed by atoms with Crippen molar-refractivity contribution in [2.75, 3.05) is 24.5 Å². The number of carbonyl (C=O) groups excluding carboxylic acids is 1. The fourth-order valence-corrected chi connectivity index (χ4v) is 2.25. The molecule has 0 saturated heterocycles. The number of nitrogens with zero attached hydrogens (tertiary/aromatic N) is 1. The number of benzene rings is 1. The highest BCUT2D eigenvalue weighted by Gasteiger charge is 2.23. The first kappa shape index (κ1) is 11.9. The summed E-state index contributed by atoms with van der Waals surface area (Å²) in [5.74, 6) is 0.0674. The van der Waals surface area contributed by atoms with Crippen LogP contribution in [-0.2, 0) is 4.79 Å². The lowest BCUT2D eigenvalue weighted by atomic mass is 9.97. The van der Waals surface area contributed by atoms with Crippen LogP contribution in [0.3, 0.4) is 0 Å². The fourth-order valence-electron chi connectivity index (χ4n) is 2.25. The Labute approximate surface area is 102 Å². The Morgan fingerprint density at radius 1 is 1.53 bits per heavy atom. The lowest BCUT2D eigenvalue weighted by Crippen LogP contribution is -2.41. The molecule has 1 aromatic carbocycles. The summed E-state index contributed by atoms with van der Waals surface area (Å²) < 4.78 is 0. The van der Waals surface area contributed by atoms with Gasteiger partial charge in [-0.25, -0.2) is 0 Å². The molecule has 1 aliphatic rings. The third-order valence-corrected chi connectivity index (χ3v) is 3.10. The first-order valence-corrected chi connectivity index (χ1v) is 6.08. The minimum absolute atomic E-state index is 0.0674. The summed E-state index contributed by atoms with van der Waals surface area (Å²) in [6.45, 7) is 3.86. The van der Waals surface area contributed by atoms with E-state index in [1.807, 2.05) is 31.2 Å². The van der Waals surface area contributed by atoms with E-state index < -0.39 is 0 Å². The van der Waals surface area contributed by atoms with Crippen molar-refractivity contribution in [2.45, 2.75) is 19.4 Å². The first-order chi connectivity index (χ1) is 8.22. The molecule has 0 bridgehead atoms. The average Bonchev–Trinajstić information content (AvgIpc) is 2.34. The van der Waals surface area contributed by atoms with Crippen molar-refractivity contribution in [2.24, 2.45) is 5.73 Å². The number of carbonyl (C=O) groups is 1. The van der Waals surface area contributed by atoms with Crippen molar-refractivity contribution in [3.8, 4) is 0 Å². The molecular weight excluding hydrogens is 214 g/mol. The third-order valence-electron chi connectivity index (χ3n) is 3.10. The van der Waals surface area contributed by atoms with Gasteiger partial charge in [0.1, 0.15) is 0 Å². The second kappa shape index (κ2) is 5.19. The number of hydrogen-bond acceptors (Lipinski definition) is 3. The van der Waals surface area contributed by atoms with Crippen molar-refractivity contribution in [3.63, 3.8) is 0 Å². The fraction of sp³-hybridized carbons (Fsp3) is 0.462. The van der Waals surface area contributed by atoms with Gasteiger partial charge in [-0.05, 0) is 25.0 Å². The molecule has 0 spiro atoms. The van der Waals surface area contributed by atoms with E-state index >= 15 is 0 Å². The van der Waals surface area contributed by atoms with Crippen LogP contribution in [0.1, 0.15) is 24.9 Å². The van der Waals surface area contributed by atoms with Gasteiger partial charge in [-0.1, -0.05) is 18.2 Å². The molecule has 3 N–H and O–H groups in total. The Morgan fingerprint density at radius 3 is 3.06 bits per heavy atom. The summed E-state index contributed by atoms with van der Waals surface area (Å²) >= 11 is 0. The molecule has 0 aliphatic carbocycles. The number of amides is 1. The summed E-state index contributed by atoms with van der Waals surface area (Å²) in [6.07, 6.45) is 0.899. The molecule has 1 heterocycles. The lowest BCUT2D eigenvalue weighted by Gasteiger charge is -2.33. The molecule has 0 fully saturated rings. The second-order valence-electron chi connectivity index (χ2n) is 4.33. The van der Waals surface area contributed by atoms with Crippen molar-refractivity contribution < 1.29 is 4.79 Å². The van der Waals surface area contributed by atoms with Crippen LogP contribution in [0, 0.1) is 0 Å². The first-order valence-electron chi connectivity index (χ1n) is 6.08. The van der Waals surface area contributed by atoms with E-state index in [-0.39, 0.29) is 11.9 Å². The van der Waals surface area contributed by atoms with E-state index in [9.17, 15) is 4.79 Å². The van der Waals surface area contributed by atoms with E-state index in [1.54, 1.807) is 0 Å². The zero-order valence-corrected chi connectivity index (χ0v) is 10.1. The predicted octanol–water partition coefficient (Wildman–Crippen LogP) is 1.03. The quantitative estimate of drug-likeness (QED) is 0.820. The molecule has 1 atom stereocenters. The minimum Gasteiger partial charge on any atom is -0.362 e. The largest absolute Gasteiger partial charge is 0.362 e. The topological polar surface area (TPSA) is 58.4 Å². The highest BCUT2D eigenvalue weighted by atomic mass is 16.2. The number of para-hydroxylation sites is 1. The number of likely N-dealkylation sites (N-methyl/N-ethyl adjacent to an activating group) is 1. The van der Waals surface area contributed by atoms with Gasteiger partial charge in [-0.2, -0.15) is 0 Å². The molecule has 1 amide bonds. The average molecular weight is 233 g/mol. The lowest BCUT2D eigenvalue weighted by molar-refractivity contribution is -0.119. The van der Waals surface area contributed by atoms with Crippen molar-refractivity contribution in [3.05, 3.63) is 29.8 Å². The number of nitrogens with two attached hydrogens (primary N) is 1. The van der Waals surface area contributed by atoms with Crippen molar-refractivity contribution >= 4 is 11.6 Å². The van der Waals surface area contributed by atoms with Crippen molar-refractivity contribution in [1.29, 1.82) is 0 Å². The highest BCUT2D eigenvalue weighted by Crippen LogP contribution is 2.31. The molecule has 4 nitrogen and oxygen atoms in total. The van der Waals surface area contributed by atoms with Crippen LogP contribution in [-0.4, -0.2) is 25.5 Å². The molecule has 17 heavy (non-hydrogen) atoms. The molecule has 1 aromatic rings. The Bertz CT molecular complexity index is 405. The zero-order valence-electron chi connectivity index (χ0n) is 10.1. The van der Waals surface area contributed by atoms with Crippen LogP contribution in [0.5, 0.6) is 0 Å². The van der Waals surface area contributed by atoms with Gasteiger partial charge in [0.05, 0.1) is 6.54 Å². The smallest absolute Gasteiger partial charge is 0.239 e. The molecular formula is C13H19N3O. The zero-order chi connectivity index (χ0) is 12.3. The molecule has 0 aromatic heterocycles. The van der Waals surface area contributed by atoms with Gasteiger partial charge in [0.25, 0.3) is 0 Å². The molecule has 0 saturated carbocycles. The summed E-state index contributed by atoms with van der Waals surface area (Å²) in [7, 11) is 0. The van der Waals surface area contributed by atoms with Gasteiger partial charge in [0, 0.05) is 24.8 Å². The molecule has 1 aliphatic heterocycles. The van der Waals surface area contributed by atoms with Gasteiger partial charge < -0.3 is 16.0 Å². The van der Waals surface area contributed by atoms with E-state index in [2.05, 4.69) is 10.2 Å². The number of nitrogens with one attached hydrogen (secondary N) is 1. The SMILES string of the molecule is CCNC(=O)CN1CCC(N)c2ccccc21. The molecule has 92 valence electrons. The second-order valence-corrected chi connectivity index (χ2v) is 4.33. The Hall–Kier alpha value is -1.55. The van der Waals surface area contributed by atoms with Crippen LogP contribution in [0.2, 0.25) is 0 Å². The van der Waals surface area contributed by atoms with E-state index in [4.69, 9.17) is 5.73 Å². The number of rotatable bonds is 3. The van der Waals surface area contributed by atoms with Gasteiger partial charge in [0.15, 0.2) is 0 Å². The Morgan fingerprint density at radius 2 is 2.29 bits per heavy atom. The van der Waals surface area contributed by atoms with Crippen LogP contribution >= 0.6 is 0 Å². The Kier molecular flexibility index (Phi) is 3.64. The van der Waals surface area contributed by atoms with Crippen LogP contribution < -0.4 is 16.0 Å². The van der Waals surface area contributed by atoms with E-state index in [1.165, 1.54) is 0 Å². The summed E-state index contributed by atoms with van der Waals surface area (Å²) in [5, 5.41) is 2.82. The van der Waals surface area contributed by atoms with Gasteiger partial charge in [-0.15, -0.1) is 0 Å². The monoisotopic (exact) mass is 233 g/mol. The van der Waals surface area contributed by atoms with Crippen LogP contribution in [0.4, 0.5) is 5.69 Å². The molecule has 1 unspecified atom stereocenters. The van der Waals surface area contributed by atoms with Crippen LogP contribution in [0.15, 0.2) is 24.3 Å². The number of fused-ring (bicyclic) bond motifs is 1. The van der Waals surface area contributed by atoms with Gasteiger partial charge in [-0.3, -0.25) is 4.79 Å². The van der Waals surface area contributed by atoms with Gasteiger partial charge >= 0.3 is 0 Å². The Balaban J connectivity index is 2.16. The summed E-state index contributed by atoms with van der Waals surface area (Å²) in [6, 6.07) is 8.16. The third kappa shape index (κ3) is 2.58. The molecule has 2 rings (SSSR count).